The van der Waals surface area contributed by atoms with Gasteiger partial charge in [0.15, 0.2) is 17.5 Å². The van der Waals surface area contributed by atoms with Crippen molar-refractivity contribution in [2.45, 2.75) is 0 Å². The van der Waals surface area contributed by atoms with Gasteiger partial charge in [-0.05, 0) is 33.6 Å². The van der Waals surface area contributed by atoms with Gasteiger partial charge in [0, 0.05) is 33.0 Å². The van der Waals surface area contributed by atoms with E-state index >= 15 is 0 Å². The Labute approximate surface area is 247 Å². The number of hydrogen-bond donors (Lipinski definition) is 0. The average molecular weight is 569 g/mol. The Morgan fingerprint density at radius 2 is 1.08 bits per heavy atom. The number of rotatable bonds is 4. The molecule has 7 aromatic rings. The maximum atomic E-state index is 9.37. The van der Waals surface area contributed by atoms with E-state index in [0.717, 1.165) is 5.39 Å². The summed E-state index contributed by atoms with van der Waals surface area (Å²) in [6, 6.07) is 0.937. The zero-order chi connectivity index (χ0) is 37.7. The van der Waals surface area contributed by atoms with Gasteiger partial charge in [0.1, 0.15) is 11.2 Å². The fourth-order valence-corrected chi connectivity index (χ4v) is 4.45. The summed E-state index contributed by atoms with van der Waals surface area (Å²) in [5.41, 5.74) is -0.609. The summed E-state index contributed by atoms with van der Waals surface area (Å²) in [6.45, 7) is 0. The van der Waals surface area contributed by atoms with Crippen LogP contribution in [0, 0.1) is 0 Å². The standard InChI is InChI=1S/C33H20BrN3O/c34-28-19-9-18-27-26-17-8-16-25(29(26)38-30(27)28)23-14-7-15-24(20-23)33-36-31(21-10-3-1-4-11-21)35-32(37-33)22-12-5-2-6-13-22/h1-20H/i1D,2D,3D,4D,5D,6D,7D,10D,11D,12D,13D,14D,15D,20D. The summed E-state index contributed by atoms with van der Waals surface area (Å²) in [7, 11) is 0. The molecular weight excluding hydrogens is 534 g/mol. The van der Waals surface area contributed by atoms with Crippen LogP contribution < -0.4 is 0 Å². The quantitative estimate of drug-likeness (QED) is 0.212. The van der Waals surface area contributed by atoms with Crippen molar-refractivity contribution in [1.82, 2.24) is 15.0 Å². The molecule has 0 N–H and O–H groups in total. The van der Waals surface area contributed by atoms with E-state index in [2.05, 4.69) is 30.9 Å². The second-order valence-corrected chi connectivity index (χ2v) is 8.81. The molecule has 0 atom stereocenters. The lowest BCUT2D eigenvalue weighted by Crippen LogP contribution is -2.00. The van der Waals surface area contributed by atoms with Crippen LogP contribution >= 0.6 is 15.9 Å². The molecule has 0 amide bonds. The van der Waals surface area contributed by atoms with Gasteiger partial charge in [0.05, 0.1) is 23.7 Å². The molecule has 2 heterocycles. The van der Waals surface area contributed by atoms with E-state index in [-0.39, 0.29) is 16.7 Å². The Kier molecular flexibility index (Phi) is 3.03. The molecule has 0 bridgehead atoms. The molecular formula is C33H20BrN3O. The van der Waals surface area contributed by atoms with Gasteiger partial charge in [-0.25, -0.2) is 15.0 Å². The van der Waals surface area contributed by atoms with Gasteiger partial charge in [0.25, 0.3) is 0 Å². The highest BCUT2D eigenvalue weighted by Gasteiger charge is 2.16. The number of halogens is 1. The van der Waals surface area contributed by atoms with Crippen molar-refractivity contribution < 1.29 is 23.6 Å². The van der Waals surface area contributed by atoms with Gasteiger partial charge in [-0.2, -0.15) is 0 Å². The fourth-order valence-electron chi connectivity index (χ4n) is 4.01. The minimum atomic E-state index is -0.732. The molecule has 0 saturated heterocycles. The number of fused-ring (bicyclic) bond motifs is 3. The van der Waals surface area contributed by atoms with Crippen LogP contribution in [0.15, 0.2) is 130 Å². The molecule has 4 nitrogen and oxygen atoms in total. The van der Waals surface area contributed by atoms with E-state index in [9.17, 15) is 1.37 Å². The van der Waals surface area contributed by atoms with E-state index in [0.29, 0.717) is 15.4 Å². The summed E-state index contributed by atoms with van der Waals surface area (Å²) >= 11 is 3.48. The van der Waals surface area contributed by atoms with Crippen LogP contribution in [-0.4, -0.2) is 15.0 Å². The van der Waals surface area contributed by atoms with E-state index in [4.69, 9.17) is 22.2 Å². The molecule has 0 fully saturated rings. The fraction of sp³-hybridized carbons (Fsp3) is 0. The molecule has 0 unspecified atom stereocenters. The van der Waals surface area contributed by atoms with Gasteiger partial charge >= 0.3 is 0 Å². The summed E-state index contributed by atoms with van der Waals surface area (Å²) < 4.78 is 126. The Bertz CT molecular complexity index is 2570. The van der Waals surface area contributed by atoms with E-state index in [1.54, 1.807) is 24.3 Å². The van der Waals surface area contributed by atoms with E-state index in [1.165, 1.54) is 0 Å². The van der Waals surface area contributed by atoms with Crippen molar-refractivity contribution >= 4 is 37.9 Å². The summed E-state index contributed by atoms with van der Waals surface area (Å²) in [4.78, 5) is 12.9. The van der Waals surface area contributed by atoms with Crippen molar-refractivity contribution in [2.24, 2.45) is 0 Å². The van der Waals surface area contributed by atoms with Crippen LogP contribution in [0.4, 0.5) is 0 Å². The minimum absolute atomic E-state index is 0.133. The number of nitrogens with zero attached hydrogens (tertiary/aromatic N) is 3. The topological polar surface area (TPSA) is 51.8 Å². The number of hydrogen-bond acceptors (Lipinski definition) is 4. The number of para-hydroxylation sites is 2. The second-order valence-electron chi connectivity index (χ2n) is 7.96. The van der Waals surface area contributed by atoms with Crippen LogP contribution in [0.2, 0.25) is 0 Å². The lowest BCUT2D eigenvalue weighted by molar-refractivity contribution is 0.668. The van der Waals surface area contributed by atoms with Crippen molar-refractivity contribution in [3.8, 4) is 45.3 Å². The molecule has 38 heavy (non-hydrogen) atoms. The molecule has 5 aromatic carbocycles. The monoisotopic (exact) mass is 567 g/mol. The molecule has 0 aliphatic heterocycles. The average Bonchev–Trinajstić information content (AvgIpc) is 3.52. The highest BCUT2D eigenvalue weighted by atomic mass is 79.9. The van der Waals surface area contributed by atoms with Crippen LogP contribution in [0.25, 0.3) is 67.2 Å². The van der Waals surface area contributed by atoms with Crippen LogP contribution in [-0.2, 0) is 0 Å². The SMILES string of the molecule is [2H]c1c([2H])c([2H])c(-c2nc(-c3c([2H])c([2H])c([2H])c([2H])c3[2H])nc(-c3c([2H])c([2H])c([2H])c(-c4cccc5c4oc4c(Br)cccc45)c3[2H])n2)c([2H])c1[2H]. The largest absolute Gasteiger partial charge is 0.454 e. The summed E-state index contributed by atoms with van der Waals surface area (Å²) in [6.07, 6.45) is 0. The number of furan rings is 1. The first kappa shape index (κ1) is 12.3. The van der Waals surface area contributed by atoms with Crippen molar-refractivity contribution in [1.29, 1.82) is 0 Å². The lowest BCUT2D eigenvalue weighted by atomic mass is 10.00. The summed E-state index contributed by atoms with van der Waals surface area (Å²) in [5.74, 6) is -1.73. The first-order chi connectivity index (χ1) is 24.6. The minimum Gasteiger partial charge on any atom is -0.454 e. The van der Waals surface area contributed by atoms with Crippen molar-refractivity contribution in [2.75, 3.05) is 0 Å². The molecule has 5 heteroatoms. The first-order valence-electron chi connectivity index (χ1n) is 18.2. The maximum absolute atomic E-state index is 9.37. The Morgan fingerprint density at radius 3 is 1.74 bits per heavy atom. The second kappa shape index (κ2) is 9.36. The number of benzene rings is 5. The van der Waals surface area contributed by atoms with Crippen LogP contribution in [0.5, 0.6) is 0 Å². The predicted octanol–water partition coefficient (Wildman–Crippen LogP) is 9.20. The third kappa shape index (κ3) is 3.98. The van der Waals surface area contributed by atoms with Crippen LogP contribution in [0.3, 0.4) is 0 Å². The lowest BCUT2D eigenvalue weighted by Gasteiger charge is -2.10. The Hall–Kier alpha value is -4.61. The molecule has 0 radical (unpaired) electrons. The molecule has 0 aliphatic rings. The van der Waals surface area contributed by atoms with Crippen LogP contribution in [0.1, 0.15) is 19.2 Å². The molecule has 180 valence electrons. The van der Waals surface area contributed by atoms with Gasteiger partial charge in [-0.3, -0.25) is 0 Å². The first-order valence-corrected chi connectivity index (χ1v) is 12.0. The van der Waals surface area contributed by atoms with Gasteiger partial charge in [0.2, 0.25) is 0 Å². The third-order valence-corrected chi connectivity index (χ3v) is 6.30. The Balaban J connectivity index is 1.61. The molecule has 0 saturated carbocycles. The van der Waals surface area contributed by atoms with Gasteiger partial charge < -0.3 is 4.42 Å². The third-order valence-electron chi connectivity index (χ3n) is 5.68. The van der Waals surface area contributed by atoms with Crippen molar-refractivity contribution in [3.05, 3.63) is 125 Å². The highest BCUT2D eigenvalue weighted by molar-refractivity contribution is 9.10. The Morgan fingerprint density at radius 1 is 0.553 bits per heavy atom. The normalized spacial score (nSPS) is 16.4. The molecule has 2 aromatic heterocycles. The van der Waals surface area contributed by atoms with Gasteiger partial charge in [-0.1, -0.05) is 109 Å². The van der Waals surface area contributed by atoms with Crippen molar-refractivity contribution in [3.63, 3.8) is 0 Å². The molecule has 0 spiro atoms. The molecule has 0 aliphatic carbocycles. The maximum Gasteiger partial charge on any atom is 0.164 e. The zero-order valence-electron chi connectivity index (χ0n) is 33.1. The van der Waals surface area contributed by atoms with E-state index in [1.807, 2.05) is 12.1 Å². The zero-order valence-corrected chi connectivity index (χ0v) is 20.7. The van der Waals surface area contributed by atoms with Gasteiger partial charge in [-0.15, -0.1) is 0 Å². The van der Waals surface area contributed by atoms with E-state index < -0.39 is 119 Å². The summed E-state index contributed by atoms with van der Waals surface area (Å²) in [5, 5.41) is 1.37. The highest BCUT2D eigenvalue weighted by Crippen LogP contribution is 2.39. The molecule has 7 rings (SSSR count). The predicted molar refractivity (Wildman–Crippen MR) is 157 cm³/mol. The smallest absolute Gasteiger partial charge is 0.164 e. The number of aromatic nitrogens is 3.